The van der Waals surface area contributed by atoms with Gasteiger partial charge in [0.05, 0.1) is 11.6 Å². The molecule has 4 nitrogen and oxygen atoms in total. The van der Waals surface area contributed by atoms with Crippen molar-refractivity contribution in [2.75, 3.05) is 6.61 Å². The Hall–Kier alpha value is -2.20. The van der Waals surface area contributed by atoms with Gasteiger partial charge in [-0.15, -0.1) is 0 Å². The van der Waals surface area contributed by atoms with Gasteiger partial charge in [-0.05, 0) is 54.7 Å². The van der Waals surface area contributed by atoms with Crippen molar-refractivity contribution in [2.45, 2.75) is 51.6 Å². The summed E-state index contributed by atoms with van der Waals surface area (Å²) in [5, 5.41) is 0.371. The first kappa shape index (κ1) is 20.5. The van der Waals surface area contributed by atoms with Gasteiger partial charge in [-0.3, -0.25) is 4.79 Å². The van der Waals surface area contributed by atoms with E-state index in [4.69, 9.17) is 26.8 Å². The van der Waals surface area contributed by atoms with Crippen LogP contribution in [0, 0.1) is 5.92 Å². The number of benzene rings is 2. The molecule has 1 saturated carbocycles. The summed E-state index contributed by atoms with van der Waals surface area (Å²) in [6.45, 7) is 1.19. The van der Waals surface area contributed by atoms with Gasteiger partial charge in [-0.2, -0.15) is 0 Å². The molecule has 0 atom stereocenters. The zero-order valence-corrected chi connectivity index (χ0v) is 16.9. The number of carbonyl (C=O) groups is 1. The lowest BCUT2D eigenvalue weighted by Crippen LogP contribution is -2.13. The van der Waals surface area contributed by atoms with Crippen LogP contribution in [0.5, 0.6) is 11.5 Å². The molecule has 5 heteroatoms. The highest BCUT2D eigenvalue weighted by Crippen LogP contribution is 2.27. The summed E-state index contributed by atoms with van der Waals surface area (Å²) in [6, 6.07) is 12.8. The maximum Gasteiger partial charge on any atom is 0.248 e. The number of primary amides is 1. The van der Waals surface area contributed by atoms with Gasteiger partial charge in [0.25, 0.3) is 0 Å². The minimum atomic E-state index is -0.511. The van der Waals surface area contributed by atoms with E-state index in [9.17, 15) is 4.79 Å². The van der Waals surface area contributed by atoms with Gasteiger partial charge >= 0.3 is 0 Å². The molecule has 0 spiro atoms. The summed E-state index contributed by atoms with van der Waals surface area (Å²) in [5.74, 6) is 1.59. The van der Waals surface area contributed by atoms with Crippen molar-refractivity contribution in [3.63, 3.8) is 0 Å². The summed E-state index contributed by atoms with van der Waals surface area (Å²) in [7, 11) is 0. The van der Waals surface area contributed by atoms with Crippen molar-refractivity contribution in [3.8, 4) is 11.5 Å². The molecular formula is C23H28ClNO3. The highest BCUT2D eigenvalue weighted by Gasteiger charge is 2.12. The Labute approximate surface area is 172 Å². The molecular weight excluding hydrogens is 374 g/mol. The zero-order chi connectivity index (χ0) is 19.8. The Morgan fingerprint density at radius 1 is 0.964 bits per heavy atom. The second kappa shape index (κ2) is 10.4. The number of ether oxygens (including phenoxy) is 2. The molecule has 0 bridgehead atoms. The molecule has 2 N–H and O–H groups in total. The van der Waals surface area contributed by atoms with E-state index in [-0.39, 0.29) is 0 Å². The van der Waals surface area contributed by atoms with Gasteiger partial charge < -0.3 is 15.2 Å². The van der Waals surface area contributed by atoms with Gasteiger partial charge in [-0.1, -0.05) is 55.8 Å². The Bertz CT molecular complexity index is 768. The Kier molecular flexibility index (Phi) is 7.61. The number of hydrogen-bond donors (Lipinski definition) is 1. The number of hydrogen-bond acceptors (Lipinski definition) is 3. The van der Waals surface area contributed by atoms with Gasteiger partial charge in [0.1, 0.15) is 18.1 Å². The lowest BCUT2D eigenvalue weighted by molar-refractivity contribution is 0.1000. The zero-order valence-electron chi connectivity index (χ0n) is 16.2. The summed E-state index contributed by atoms with van der Waals surface area (Å²) < 4.78 is 11.8. The lowest BCUT2D eigenvalue weighted by atomic mass is 9.92. The fraction of sp³-hybridized carbons (Fsp3) is 0.435. The van der Waals surface area contributed by atoms with E-state index < -0.39 is 5.91 Å². The predicted molar refractivity (Wildman–Crippen MR) is 112 cm³/mol. The Balaban J connectivity index is 1.48. The molecule has 150 valence electrons. The van der Waals surface area contributed by atoms with Gasteiger partial charge in [-0.25, -0.2) is 0 Å². The molecule has 3 rings (SSSR count). The number of amides is 1. The van der Waals surface area contributed by atoms with E-state index in [0.717, 1.165) is 17.9 Å². The van der Waals surface area contributed by atoms with E-state index >= 15 is 0 Å². The van der Waals surface area contributed by atoms with Crippen LogP contribution in [0.1, 0.15) is 60.9 Å². The third kappa shape index (κ3) is 6.16. The Morgan fingerprint density at radius 3 is 2.29 bits per heavy atom. The van der Waals surface area contributed by atoms with Gasteiger partial charge in [0.2, 0.25) is 5.91 Å². The highest BCUT2D eigenvalue weighted by molar-refractivity contribution is 6.32. The SMILES string of the molecule is NC(=O)c1ccc(OCc2ccc(OCC3CCCCCCC3)cc2)c(Cl)c1. The second-order valence-corrected chi connectivity index (χ2v) is 7.87. The fourth-order valence-electron chi connectivity index (χ4n) is 3.54. The molecule has 1 aliphatic rings. The van der Waals surface area contributed by atoms with Gasteiger partial charge in [0, 0.05) is 5.56 Å². The average molecular weight is 402 g/mol. The first-order chi connectivity index (χ1) is 13.6. The maximum absolute atomic E-state index is 11.2. The molecule has 0 aromatic heterocycles. The third-order valence-corrected chi connectivity index (χ3v) is 5.54. The van der Waals surface area contributed by atoms with Crippen molar-refractivity contribution < 1.29 is 14.3 Å². The molecule has 0 saturated heterocycles. The van der Waals surface area contributed by atoms with Crippen molar-refractivity contribution in [1.29, 1.82) is 0 Å². The minimum absolute atomic E-state index is 0.364. The molecule has 0 unspecified atom stereocenters. The Morgan fingerprint density at radius 2 is 1.64 bits per heavy atom. The van der Waals surface area contributed by atoms with Crippen LogP contribution < -0.4 is 15.2 Å². The molecule has 0 aliphatic heterocycles. The molecule has 2 aromatic carbocycles. The predicted octanol–water partition coefficient (Wildman–Crippen LogP) is 5.76. The van der Waals surface area contributed by atoms with E-state index in [1.165, 1.54) is 51.0 Å². The first-order valence-electron chi connectivity index (χ1n) is 10.1. The van der Waals surface area contributed by atoms with Crippen LogP contribution >= 0.6 is 11.6 Å². The van der Waals surface area contributed by atoms with E-state index in [2.05, 4.69) is 0 Å². The van der Waals surface area contributed by atoms with Crippen LogP contribution in [-0.4, -0.2) is 12.5 Å². The van der Waals surface area contributed by atoms with Crippen LogP contribution in [0.25, 0.3) is 0 Å². The molecule has 2 aromatic rings. The van der Waals surface area contributed by atoms with E-state index in [0.29, 0.717) is 28.9 Å². The summed E-state index contributed by atoms with van der Waals surface area (Å²) in [4.78, 5) is 11.2. The summed E-state index contributed by atoms with van der Waals surface area (Å²) in [5.41, 5.74) is 6.63. The topological polar surface area (TPSA) is 61.6 Å². The van der Waals surface area contributed by atoms with Crippen molar-refractivity contribution in [1.82, 2.24) is 0 Å². The molecule has 1 fully saturated rings. The van der Waals surface area contributed by atoms with Crippen LogP contribution in [0.3, 0.4) is 0 Å². The quantitative estimate of drug-likeness (QED) is 0.641. The number of nitrogens with two attached hydrogens (primary N) is 1. The standard InChI is InChI=1S/C23H28ClNO3/c24-21-14-19(23(25)26)10-13-22(21)28-16-18-8-11-20(12-9-18)27-15-17-6-4-2-1-3-5-7-17/h8-14,17H,1-7,15-16H2,(H2,25,26). The normalized spacial score (nSPS) is 15.5. The number of halogens is 1. The number of rotatable bonds is 7. The van der Waals surface area contributed by atoms with Crippen LogP contribution in [0.4, 0.5) is 0 Å². The second-order valence-electron chi connectivity index (χ2n) is 7.46. The lowest BCUT2D eigenvalue weighted by Gasteiger charge is -2.20. The third-order valence-electron chi connectivity index (χ3n) is 5.24. The van der Waals surface area contributed by atoms with Crippen molar-refractivity contribution in [2.24, 2.45) is 11.7 Å². The summed E-state index contributed by atoms with van der Waals surface area (Å²) in [6.07, 6.45) is 9.32. The fourth-order valence-corrected chi connectivity index (χ4v) is 3.77. The van der Waals surface area contributed by atoms with Crippen molar-refractivity contribution in [3.05, 3.63) is 58.6 Å². The molecule has 1 amide bonds. The van der Waals surface area contributed by atoms with E-state index in [1.807, 2.05) is 24.3 Å². The monoisotopic (exact) mass is 401 g/mol. The molecule has 0 radical (unpaired) electrons. The maximum atomic E-state index is 11.2. The van der Waals surface area contributed by atoms with Crippen molar-refractivity contribution >= 4 is 17.5 Å². The highest BCUT2D eigenvalue weighted by atomic mass is 35.5. The first-order valence-corrected chi connectivity index (χ1v) is 10.4. The smallest absolute Gasteiger partial charge is 0.248 e. The largest absolute Gasteiger partial charge is 0.493 e. The molecule has 28 heavy (non-hydrogen) atoms. The minimum Gasteiger partial charge on any atom is -0.493 e. The summed E-state index contributed by atoms with van der Waals surface area (Å²) >= 11 is 6.15. The van der Waals surface area contributed by atoms with E-state index in [1.54, 1.807) is 12.1 Å². The molecule has 0 heterocycles. The average Bonchev–Trinajstić information content (AvgIpc) is 2.67. The van der Waals surface area contributed by atoms with Crippen LogP contribution in [0.2, 0.25) is 5.02 Å². The van der Waals surface area contributed by atoms with Crippen LogP contribution in [-0.2, 0) is 6.61 Å². The van der Waals surface area contributed by atoms with Crippen LogP contribution in [0.15, 0.2) is 42.5 Å². The molecule has 1 aliphatic carbocycles. The number of carbonyl (C=O) groups excluding carboxylic acids is 1. The van der Waals surface area contributed by atoms with Gasteiger partial charge in [0.15, 0.2) is 0 Å².